The van der Waals surface area contributed by atoms with Crippen LogP contribution >= 0.6 is 11.3 Å². The summed E-state index contributed by atoms with van der Waals surface area (Å²) >= 11 is 1.01. The van der Waals surface area contributed by atoms with Crippen LogP contribution in [0.25, 0.3) is 0 Å². The van der Waals surface area contributed by atoms with Gasteiger partial charge in [0.25, 0.3) is 11.8 Å². The molecule has 0 aliphatic carbocycles. The molecule has 1 saturated heterocycles. The van der Waals surface area contributed by atoms with Crippen LogP contribution in [-0.2, 0) is 29.5 Å². The zero-order chi connectivity index (χ0) is 18.8. The predicted octanol–water partition coefficient (Wildman–Crippen LogP) is -6.06. The fraction of sp³-hybridized carbons (Fsp3) is 0.300. The van der Waals surface area contributed by atoms with Crippen molar-refractivity contribution in [3.63, 3.8) is 0 Å². The maximum Gasteiger partial charge on any atom is 1.00 e. The van der Waals surface area contributed by atoms with E-state index in [-0.39, 0.29) is 78.6 Å². The van der Waals surface area contributed by atoms with Crippen molar-refractivity contribution in [3.8, 4) is 0 Å². The van der Waals surface area contributed by atoms with E-state index in [9.17, 15) is 27.4 Å². The second kappa shape index (κ2) is 8.70. The first-order valence-corrected chi connectivity index (χ1v) is 8.53. The summed E-state index contributed by atoms with van der Waals surface area (Å²) < 4.78 is 32.7. The van der Waals surface area contributed by atoms with Crippen molar-refractivity contribution in [1.82, 2.24) is 19.9 Å². The summed E-state index contributed by atoms with van der Waals surface area (Å²) in [6.45, 7) is -0.776. The minimum atomic E-state index is -5.08. The number of nitrogen functional groups attached to an aromatic ring is 1. The normalized spacial score (nSPS) is 19.8. The first-order valence-electron chi connectivity index (χ1n) is 6.29. The van der Waals surface area contributed by atoms with Crippen LogP contribution in [0.2, 0.25) is 0 Å². The first kappa shape index (κ1) is 22.9. The number of β-lactam (4-membered cyclic amide) rings is 1. The van der Waals surface area contributed by atoms with Gasteiger partial charge < -0.3 is 25.8 Å². The van der Waals surface area contributed by atoms with E-state index in [2.05, 4.69) is 20.3 Å². The molecule has 136 valence electrons. The number of amides is 3. The molecule has 0 bridgehead atoms. The van der Waals surface area contributed by atoms with Crippen LogP contribution in [0.1, 0.15) is 5.69 Å². The summed E-state index contributed by atoms with van der Waals surface area (Å²) in [5.74, 6) is -2.34. The quantitative estimate of drug-likeness (QED) is 0.0717. The molecule has 1 aromatic heterocycles. The molecular weight excluding hydrogens is 419 g/mol. The van der Waals surface area contributed by atoms with Gasteiger partial charge in [-0.15, -0.1) is 11.3 Å². The number of carbonyl (C=O) groups excluding carboxylic acids is 3. The molecule has 3 amide bonds. The molecule has 0 spiro atoms. The number of nitrogens with one attached hydrogen (secondary N) is 2. The number of nitrogens with two attached hydrogens (primary N) is 1. The van der Waals surface area contributed by atoms with Gasteiger partial charge >= 0.3 is 51.4 Å². The van der Waals surface area contributed by atoms with Crippen molar-refractivity contribution >= 4 is 50.7 Å². The summed E-state index contributed by atoms with van der Waals surface area (Å²) in [4.78, 5) is 43.5. The number of aromatic nitrogens is 1. The number of thiazole rings is 1. The van der Waals surface area contributed by atoms with Gasteiger partial charge in [0, 0.05) is 5.38 Å². The zero-order valence-electron chi connectivity index (χ0n) is 13.5. The molecule has 0 radical (unpaired) electrons. The average Bonchev–Trinajstić information content (AvgIpc) is 2.94. The summed E-state index contributed by atoms with van der Waals surface area (Å²) in [5, 5.41) is 9.10. The van der Waals surface area contributed by atoms with Crippen LogP contribution in [0.5, 0.6) is 0 Å². The fourth-order valence-electron chi connectivity index (χ4n) is 1.94. The van der Waals surface area contributed by atoms with Crippen molar-refractivity contribution in [2.75, 3.05) is 19.4 Å². The molecule has 2 rings (SSSR count). The van der Waals surface area contributed by atoms with E-state index in [1.807, 2.05) is 5.32 Å². The van der Waals surface area contributed by atoms with Gasteiger partial charge in [0.15, 0.2) is 21.1 Å². The van der Waals surface area contributed by atoms with Crippen LogP contribution < -0.4 is 67.8 Å². The maximum absolute atomic E-state index is 12.4. The van der Waals surface area contributed by atoms with Crippen LogP contribution in [0.3, 0.4) is 0 Å². The summed E-state index contributed by atoms with van der Waals surface area (Å²) in [5.41, 5.74) is 3.02. The molecule has 1 fully saturated rings. The Labute approximate surface area is 193 Å². The van der Waals surface area contributed by atoms with Crippen molar-refractivity contribution < 1.29 is 83.6 Å². The van der Waals surface area contributed by atoms with Crippen LogP contribution in [0.4, 0.5) is 5.13 Å². The molecule has 0 saturated carbocycles. The van der Waals surface area contributed by atoms with Crippen LogP contribution in [0.15, 0.2) is 10.5 Å². The van der Waals surface area contributed by atoms with E-state index in [0.717, 1.165) is 18.4 Å². The van der Waals surface area contributed by atoms with Crippen LogP contribution in [-0.4, -0.2) is 65.5 Å². The van der Waals surface area contributed by atoms with E-state index < -0.39 is 34.3 Å². The smallest absolute Gasteiger partial charge is 0.731 e. The van der Waals surface area contributed by atoms with E-state index in [4.69, 9.17) is 5.73 Å². The molecular formula is C10H11KN6O7S2. The van der Waals surface area contributed by atoms with Crippen molar-refractivity contribution in [3.05, 3.63) is 11.1 Å². The molecule has 26 heavy (non-hydrogen) atoms. The van der Waals surface area contributed by atoms with E-state index in [0.29, 0.717) is 0 Å². The van der Waals surface area contributed by atoms with E-state index >= 15 is 0 Å². The van der Waals surface area contributed by atoms with E-state index in [1.165, 1.54) is 5.38 Å². The Morgan fingerprint density at radius 2 is 2.27 bits per heavy atom. The Kier molecular flexibility index (Phi) is 7.66. The number of oxime groups is 1. The minimum Gasteiger partial charge on any atom is -0.731 e. The topological polar surface area (TPSA) is 196 Å². The molecule has 4 N–H and O–H groups in total. The fourth-order valence-corrected chi connectivity index (χ4v) is 3.20. The summed E-state index contributed by atoms with van der Waals surface area (Å²) in [7, 11) is -3.92. The SMILES string of the molecule is CON=C(C(=O)NC1(NC=O)CN(S(=O)(=O)[O-])C1=O)c1csc(N)n1.[K+]. The molecule has 1 unspecified atom stereocenters. The minimum absolute atomic E-state index is 0. The summed E-state index contributed by atoms with van der Waals surface area (Å²) in [6, 6.07) is 0. The monoisotopic (exact) mass is 430 g/mol. The second-order valence-corrected chi connectivity index (χ2v) is 6.77. The largest absolute Gasteiger partial charge is 1.00 e. The zero-order valence-corrected chi connectivity index (χ0v) is 18.2. The Hall–Kier alpha value is -1.14. The van der Waals surface area contributed by atoms with Crippen molar-refractivity contribution in [1.29, 1.82) is 0 Å². The van der Waals surface area contributed by atoms with Gasteiger partial charge in [0.2, 0.25) is 12.1 Å². The third kappa shape index (κ3) is 4.57. The molecule has 0 aromatic carbocycles. The molecule has 16 heteroatoms. The molecule has 1 aliphatic heterocycles. The Morgan fingerprint density at radius 1 is 1.62 bits per heavy atom. The number of hydrogen-bond donors (Lipinski definition) is 3. The molecule has 2 heterocycles. The van der Waals surface area contributed by atoms with Gasteiger partial charge in [-0.1, -0.05) is 5.16 Å². The molecule has 1 atom stereocenters. The average molecular weight is 430 g/mol. The van der Waals surface area contributed by atoms with Crippen LogP contribution in [0, 0.1) is 0 Å². The number of hydrogen-bond acceptors (Lipinski definition) is 11. The van der Waals surface area contributed by atoms with Gasteiger partial charge in [-0.3, -0.25) is 14.4 Å². The Bertz CT molecular complexity index is 856. The summed E-state index contributed by atoms with van der Waals surface area (Å²) in [6.07, 6.45) is 0.0703. The third-order valence-electron chi connectivity index (χ3n) is 3.04. The van der Waals surface area contributed by atoms with Gasteiger partial charge in [-0.05, 0) is 0 Å². The molecule has 13 nitrogen and oxygen atoms in total. The molecule has 1 aromatic rings. The molecule has 1 aliphatic rings. The van der Waals surface area contributed by atoms with Gasteiger partial charge in [-0.2, -0.15) is 0 Å². The van der Waals surface area contributed by atoms with Gasteiger partial charge in [0.1, 0.15) is 12.8 Å². The van der Waals surface area contributed by atoms with Gasteiger partial charge in [-0.25, -0.2) is 17.7 Å². The number of rotatable bonds is 7. The maximum atomic E-state index is 12.4. The second-order valence-electron chi connectivity index (χ2n) is 4.58. The predicted molar refractivity (Wildman–Crippen MR) is 81.6 cm³/mol. The standard InChI is InChI=1S/C10H12N6O7S2.K/c1-23-15-6(5-2-24-9(11)13-5)7(18)14-10(12-4-17)3-16(8(10)19)25(20,21)22;/h2,4H,3H2,1H3,(H2,11,13)(H,12,17)(H,14,18)(H,20,21,22);/q;+1/p-1. The van der Waals surface area contributed by atoms with Crippen molar-refractivity contribution in [2.24, 2.45) is 5.16 Å². The Balaban J connectivity index is 0.00000338. The number of nitrogens with zero attached hydrogens (tertiary/aromatic N) is 3. The van der Waals surface area contributed by atoms with Gasteiger partial charge in [0.05, 0.1) is 6.54 Å². The Morgan fingerprint density at radius 3 is 2.69 bits per heavy atom. The first-order chi connectivity index (χ1) is 11.6. The van der Waals surface area contributed by atoms with E-state index in [1.54, 1.807) is 0 Å². The third-order valence-corrected chi connectivity index (χ3v) is 4.55. The van der Waals surface area contributed by atoms with Crippen molar-refractivity contribution in [2.45, 2.75) is 5.66 Å². The number of anilines is 1. The number of carbonyl (C=O) groups is 3.